The monoisotopic (exact) mass is 290 g/mol. The minimum absolute atomic E-state index is 0.225. The van der Waals surface area contributed by atoms with Crippen molar-refractivity contribution < 1.29 is 14.3 Å². The van der Waals surface area contributed by atoms with Crippen LogP contribution in [0.2, 0.25) is 0 Å². The molecule has 2 rings (SSSR count). The Hall–Kier alpha value is -2.08. The molecule has 20 heavy (non-hydrogen) atoms. The van der Waals surface area contributed by atoms with Crippen LogP contribution in [0.4, 0.5) is 0 Å². The Morgan fingerprint density at radius 2 is 1.95 bits per heavy atom. The molecule has 0 aliphatic rings. The lowest BCUT2D eigenvalue weighted by molar-refractivity contribution is 0.0478. The van der Waals surface area contributed by atoms with E-state index in [0.717, 1.165) is 22.7 Å². The van der Waals surface area contributed by atoms with E-state index in [0.29, 0.717) is 16.1 Å². The van der Waals surface area contributed by atoms with E-state index in [9.17, 15) is 9.59 Å². The van der Waals surface area contributed by atoms with Crippen LogP contribution < -0.4 is 0 Å². The lowest BCUT2D eigenvalue weighted by Crippen LogP contribution is -2.14. The van der Waals surface area contributed by atoms with Crippen molar-refractivity contribution in [3.8, 4) is 0 Å². The maximum absolute atomic E-state index is 12.0. The highest BCUT2D eigenvalue weighted by Gasteiger charge is 2.17. The summed E-state index contributed by atoms with van der Waals surface area (Å²) in [5.41, 5.74) is 3.20. The molecule has 0 aliphatic carbocycles. The van der Waals surface area contributed by atoms with Crippen LogP contribution in [-0.4, -0.2) is 27.9 Å². The first-order valence-corrected chi connectivity index (χ1v) is 6.83. The first-order chi connectivity index (χ1) is 9.49. The number of Topliss-reactive ketones (excluding diaryl/α,β-unsaturated/α-hetero) is 1. The molecule has 1 heterocycles. The van der Waals surface area contributed by atoms with Crippen LogP contribution in [0.5, 0.6) is 0 Å². The molecule has 1 aromatic heterocycles. The van der Waals surface area contributed by atoms with Gasteiger partial charge in [-0.15, -0.1) is 5.10 Å². The van der Waals surface area contributed by atoms with E-state index in [1.807, 2.05) is 19.9 Å². The van der Waals surface area contributed by atoms with Gasteiger partial charge in [0.1, 0.15) is 0 Å². The number of aromatic nitrogens is 2. The first-order valence-electron chi connectivity index (χ1n) is 6.05. The molecule has 1 aromatic carbocycles. The number of carbonyl (C=O) groups excluding carboxylic acids is 2. The van der Waals surface area contributed by atoms with E-state index in [2.05, 4.69) is 9.59 Å². The Kier molecular flexibility index (Phi) is 4.24. The molecular formula is C14H14N2O3S. The van der Waals surface area contributed by atoms with Gasteiger partial charge in [0, 0.05) is 5.56 Å². The molecule has 0 fully saturated rings. The van der Waals surface area contributed by atoms with Crippen molar-refractivity contribution in [2.75, 3.05) is 6.61 Å². The predicted octanol–water partition coefficient (Wildman–Crippen LogP) is 2.50. The fourth-order valence-electron chi connectivity index (χ4n) is 1.61. The third-order valence-corrected chi connectivity index (χ3v) is 3.81. The van der Waals surface area contributed by atoms with Crippen molar-refractivity contribution in [1.29, 1.82) is 0 Å². The van der Waals surface area contributed by atoms with Crippen molar-refractivity contribution in [1.82, 2.24) is 9.59 Å². The maximum atomic E-state index is 12.0. The molecule has 0 spiro atoms. The van der Waals surface area contributed by atoms with Gasteiger partial charge < -0.3 is 4.74 Å². The number of carbonyl (C=O) groups is 2. The topological polar surface area (TPSA) is 69.2 Å². The number of hydrogen-bond acceptors (Lipinski definition) is 6. The summed E-state index contributed by atoms with van der Waals surface area (Å²) in [5, 5.41) is 3.73. The number of ketones is 1. The van der Waals surface area contributed by atoms with E-state index in [-0.39, 0.29) is 12.4 Å². The van der Waals surface area contributed by atoms with Gasteiger partial charge in [-0.25, -0.2) is 4.79 Å². The Bertz CT molecular complexity index is 664. The van der Waals surface area contributed by atoms with Gasteiger partial charge in [-0.3, -0.25) is 4.79 Å². The Morgan fingerprint density at radius 3 is 2.55 bits per heavy atom. The van der Waals surface area contributed by atoms with Crippen LogP contribution in [0, 0.1) is 20.8 Å². The van der Waals surface area contributed by atoms with E-state index in [4.69, 9.17) is 4.74 Å². The van der Waals surface area contributed by atoms with Gasteiger partial charge in [0.05, 0.1) is 5.69 Å². The highest BCUT2D eigenvalue weighted by atomic mass is 32.1. The van der Waals surface area contributed by atoms with E-state index >= 15 is 0 Å². The minimum Gasteiger partial charge on any atom is -0.453 e. The Labute approximate surface area is 120 Å². The normalized spacial score (nSPS) is 10.3. The minimum atomic E-state index is -0.560. The van der Waals surface area contributed by atoms with Crippen LogP contribution in [0.3, 0.4) is 0 Å². The molecule has 0 saturated carbocycles. The zero-order valence-corrected chi connectivity index (χ0v) is 12.3. The fraction of sp³-hybridized carbons (Fsp3) is 0.286. The zero-order chi connectivity index (χ0) is 14.7. The van der Waals surface area contributed by atoms with Crippen LogP contribution in [-0.2, 0) is 4.74 Å². The second-order valence-electron chi connectivity index (χ2n) is 4.49. The zero-order valence-electron chi connectivity index (χ0n) is 11.5. The number of hydrogen-bond donors (Lipinski definition) is 0. The number of ether oxygens (including phenoxy) is 1. The first kappa shape index (κ1) is 14.3. The average Bonchev–Trinajstić information content (AvgIpc) is 2.85. The summed E-state index contributed by atoms with van der Waals surface area (Å²) in [4.78, 5) is 24.0. The molecule has 0 aliphatic heterocycles. The molecule has 0 atom stereocenters. The van der Waals surface area contributed by atoms with Crippen molar-refractivity contribution in [3.63, 3.8) is 0 Å². The number of rotatable bonds is 4. The van der Waals surface area contributed by atoms with E-state index < -0.39 is 5.97 Å². The molecule has 0 saturated heterocycles. The molecule has 104 valence electrons. The van der Waals surface area contributed by atoms with Gasteiger partial charge in [0.25, 0.3) is 0 Å². The number of benzene rings is 1. The second-order valence-corrected chi connectivity index (χ2v) is 5.24. The standard InChI is InChI=1S/C14H14N2O3S/c1-8-4-5-11(6-9(8)2)12(17)7-19-14(18)13-10(3)15-16-20-13/h4-6H,7H2,1-3H3. The summed E-state index contributed by atoms with van der Waals surface area (Å²) in [6.45, 7) is 5.30. The van der Waals surface area contributed by atoms with Crippen molar-refractivity contribution in [3.05, 3.63) is 45.5 Å². The molecule has 0 bridgehead atoms. The molecule has 5 nitrogen and oxygen atoms in total. The molecule has 6 heteroatoms. The molecule has 0 radical (unpaired) electrons. The van der Waals surface area contributed by atoms with Crippen molar-refractivity contribution >= 4 is 23.3 Å². The lowest BCUT2D eigenvalue weighted by Gasteiger charge is -2.05. The molecule has 0 N–H and O–H groups in total. The van der Waals surface area contributed by atoms with Crippen molar-refractivity contribution in [2.24, 2.45) is 0 Å². The van der Waals surface area contributed by atoms with Gasteiger partial charge >= 0.3 is 5.97 Å². The smallest absolute Gasteiger partial charge is 0.352 e. The Balaban J connectivity index is 2.00. The quantitative estimate of drug-likeness (QED) is 0.639. The number of aryl methyl sites for hydroxylation is 3. The average molecular weight is 290 g/mol. The molecule has 0 amide bonds. The van der Waals surface area contributed by atoms with Crippen LogP contribution >= 0.6 is 11.5 Å². The third kappa shape index (κ3) is 3.08. The SMILES string of the molecule is Cc1ccc(C(=O)COC(=O)c2snnc2C)cc1C. The summed E-state index contributed by atoms with van der Waals surface area (Å²) in [7, 11) is 0. The van der Waals surface area contributed by atoms with Crippen LogP contribution in [0.1, 0.15) is 36.9 Å². The summed E-state index contributed by atoms with van der Waals surface area (Å²) in [6, 6.07) is 5.41. The molecule has 2 aromatic rings. The highest BCUT2D eigenvalue weighted by Crippen LogP contribution is 2.13. The summed E-state index contributed by atoms with van der Waals surface area (Å²) >= 11 is 0.963. The van der Waals surface area contributed by atoms with Gasteiger partial charge in [0.2, 0.25) is 0 Å². The van der Waals surface area contributed by atoms with Gasteiger partial charge in [-0.2, -0.15) is 0 Å². The summed E-state index contributed by atoms with van der Waals surface area (Å²) in [5.74, 6) is -0.786. The fourth-order valence-corrected chi connectivity index (χ4v) is 2.17. The third-order valence-electron chi connectivity index (χ3n) is 3.00. The van der Waals surface area contributed by atoms with Crippen LogP contribution in [0.15, 0.2) is 18.2 Å². The number of esters is 1. The summed E-state index contributed by atoms with van der Waals surface area (Å²) < 4.78 is 8.65. The molecule has 0 unspecified atom stereocenters. The Morgan fingerprint density at radius 1 is 1.20 bits per heavy atom. The lowest BCUT2D eigenvalue weighted by atomic mass is 10.0. The highest BCUT2D eigenvalue weighted by molar-refractivity contribution is 7.07. The second kappa shape index (κ2) is 5.92. The van der Waals surface area contributed by atoms with E-state index in [1.54, 1.807) is 19.1 Å². The maximum Gasteiger partial charge on any atom is 0.352 e. The predicted molar refractivity (Wildman–Crippen MR) is 75.2 cm³/mol. The number of nitrogens with zero attached hydrogens (tertiary/aromatic N) is 2. The van der Waals surface area contributed by atoms with Gasteiger partial charge in [-0.1, -0.05) is 16.6 Å². The van der Waals surface area contributed by atoms with Crippen molar-refractivity contribution in [2.45, 2.75) is 20.8 Å². The molecular weight excluding hydrogens is 276 g/mol. The summed E-state index contributed by atoms with van der Waals surface area (Å²) in [6.07, 6.45) is 0. The van der Waals surface area contributed by atoms with E-state index in [1.165, 1.54) is 0 Å². The largest absolute Gasteiger partial charge is 0.453 e. The van der Waals surface area contributed by atoms with Crippen LogP contribution in [0.25, 0.3) is 0 Å². The van der Waals surface area contributed by atoms with Gasteiger partial charge in [0.15, 0.2) is 17.3 Å². The van der Waals surface area contributed by atoms with Gasteiger partial charge in [-0.05, 0) is 49.5 Å².